The number of anilines is 1. The predicted octanol–water partition coefficient (Wildman–Crippen LogP) is 2.02. The summed E-state index contributed by atoms with van der Waals surface area (Å²) in [4.78, 5) is 21.6. The van der Waals surface area contributed by atoms with Crippen LogP contribution in [0.1, 0.15) is 16.1 Å². The van der Waals surface area contributed by atoms with Crippen LogP contribution in [0, 0.1) is 22.9 Å². The van der Waals surface area contributed by atoms with E-state index in [1.807, 2.05) is 0 Å². The third-order valence-corrected chi connectivity index (χ3v) is 2.30. The average Bonchev–Trinajstić information content (AvgIpc) is 2.73. The third-order valence-electron chi connectivity index (χ3n) is 2.30. The lowest BCUT2D eigenvalue weighted by atomic mass is 10.2. The number of carbonyl (C=O) groups excluding carboxylic acids is 1. The fourth-order valence-electron chi connectivity index (χ4n) is 1.48. The Balaban J connectivity index is 2.26. The van der Waals surface area contributed by atoms with E-state index in [2.05, 4.69) is 15.5 Å². The van der Waals surface area contributed by atoms with Gasteiger partial charge in [0.25, 0.3) is 11.6 Å². The molecule has 1 heterocycles. The number of nitrogens with zero attached hydrogens (tertiary/aromatic N) is 2. The highest BCUT2D eigenvalue weighted by molar-refractivity contribution is 6.04. The topological polar surface area (TPSA) is 101 Å². The molecule has 2 aromatic rings. The van der Waals surface area contributed by atoms with Crippen molar-refractivity contribution in [3.05, 3.63) is 51.5 Å². The van der Waals surface area contributed by atoms with Gasteiger partial charge in [-0.3, -0.25) is 20.0 Å². The standard InChI is InChI=1S/C11H9FN4O3/c1-6-2-10(15-14-6)13-11(17)7-3-8(12)5-9(4-7)16(18)19/h2-5H,1H3,(H2,13,14,15,17). The fraction of sp³-hybridized carbons (Fsp3) is 0.0909. The van der Waals surface area contributed by atoms with Crippen molar-refractivity contribution in [3.8, 4) is 0 Å². The van der Waals surface area contributed by atoms with Gasteiger partial charge in [-0.15, -0.1) is 0 Å². The van der Waals surface area contributed by atoms with E-state index >= 15 is 0 Å². The Bertz CT molecular complexity index is 653. The summed E-state index contributed by atoms with van der Waals surface area (Å²) < 4.78 is 13.2. The van der Waals surface area contributed by atoms with Crippen molar-refractivity contribution in [2.45, 2.75) is 6.92 Å². The van der Waals surface area contributed by atoms with Crippen LogP contribution in [0.5, 0.6) is 0 Å². The number of hydrogen-bond acceptors (Lipinski definition) is 4. The second kappa shape index (κ2) is 4.84. The summed E-state index contributed by atoms with van der Waals surface area (Å²) in [5.74, 6) is -1.26. The maximum atomic E-state index is 13.2. The van der Waals surface area contributed by atoms with Crippen LogP contribution in [0.3, 0.4) is 0 Å². The first-order valence-corrected chi connectivity index (χ1v) is 5.24. The Hall–Kier alpha value is -2.77. The first kappa shape index (κ1) is 12.7. The van der Waals surface area contributed by atoms with Crippen LogP contribution in [0.25, 0.3) is 0 Å². The molecule has 1 amide bonds. The number of benzene rings is 1. The molecule has 0 unspecified atom stereocenters. The van der Waals surface area contributed by atoms with Crippen molar-refractivity contribution >= 4 is 17.4 Å². The number of halogens is 1. The number of H-pyrrole nitrogens is 1. The van der Waals surface area contributed by atoms with Gasteiger partial charge in [0, 0.05) is 23.4 Å². The average molecular weight is 264 g/mol. The first-order chi connectivity index (χ1) is 8.95. The lowest BCUT2D eigenvalue weighted by molar-refractivity contribution is -0.385. The van der Waals surface area contributed by atoms with E-state index in [4.69, 9.17) is 0 Å². The summed E-state index contributed by atoms with van der Waals surface area (Å²) in [7, 11) is 0. The summed E-state index contributed by atoms with van der Waals surface area (Å²) in [6, 6.07) is 4.24. The zero-order valence-corrected chi connectivity index (χ0v) is 9.81. The van der Waals surface area contributed by atoms with Crippen molar-refractivity contribution in [2.75, 3.05) is 5.32 Å². The van der Waals surface area contributed by atoms with Crippen molar-refractivity contribution in [1.82, 2.24) is 10.2 Å². The molecule has 0 aliphatic heterocycles. The number of rotatable bonds is 3. The van der Waals surface area contributed by atoms with Crippen LogP contribution in [-0.2, 0) is 0 Å². The van der Waals surface area contributed by atoms with E-state index in [0.717, 1.165) is 23.9 Å². The van der Waals surface area contributed by atoms with Gasteiger partial charge in [0.15, 0.2) is 5.82 Å². The van der Waals surface area contributed by atoms with Crippen LogP contribution >= 0.6 is 0 Å². The summed E-state index contributed by atoms with van der Waals surface area (Å²) in [5.41, 5.74) is 0.108. The quantitative estimate of drug-likeness (QED) is 0.654. The van der Waals surface area contributed by atoms with E-state index in [0.29, 0.717) is 0 Å². The highest BCUT2D eigenvalue weighted by Gasteiger charge is 2.15. The van der Waals surface area contributed by atoms with Crippen LogP contribution < -0.4 is 5.32 Å². The van der Waals surface area contributed by atoms with Gasteiger partial charge < -0.3 is 5.32 Å². The molecule has 0 saturated heterocycles. The number of nitrogens with one attached hydrogen (secondary N) is 2. The smallest absolute Gasteiger partial charge is 0.273 e. The van der Waals surface area contributed by atoms with E-state index in [1.165, 1.54) is 0 Å². The lowest BCUT2D eigenvalue weighted by Crippen LogP contribution is -2.12. The SMILES string of the molecule is Cc1cc(NC(=O)c2cc(F)cc([N+](=O)[O-])c2)n[nH]1. The van der Waals surface area contributed by atoms with Crippen LogP contribution in [-0.4, -0.2) is 21.0 Å². The van der Waals surface area contributed by atoms with Gasteiger partial charge in [-0.25, -0.2) is 4.39 Å². The molecule has 98 valence electrons. The van der Waals surface area contributed by atoms with Gasteiger partial charge in [0.1, 0.15) is 5.82 Å². The monoisotopic (exact) mass is 264 g/mol. The minimum atomic E-state index is -0.849. The van der Waals surface area contributed by atoms with E-state index in [9.17, 15) is 19.3 Å². The highest BCUT2D eigenvalue weighted by Crippen LogP contribution is 2.17. The second-order valence-electron chi connectivity index (χ2n) is 3.85. The van der Waals surface area contributed by atoms with Gasteiger partial charge in [-0.05, 0) is 13.0 Å². The summed E-state index contributed by atoms with van der Waals surface area (Å²) >= 11 is 0. The summed E-state index contributed by atoms with van der Waals surface area (Å²) in [6.07, 6.45) is 0. The molecule has 0 aliphatic carbocycles. The van der Waals surface area contributed by atoms with Gasteiger partial charge in [-0.2, -0.15) is 5.10 Å². The number of non-ortho nitro benzene ring substituents is 1. The third kappa shape index (κ3) is 2.92. The van der Waals surface area contributed by atoms with Crippen molar-refractivity contribution in [3.63, 3.8) is 0 Å². The van der Waals surface area contributed by atoms with Crippen molar-refractivity contribution in [1.29, 1.82) is 0 Å². The van der Waals surface area contributed by atoms with Gasteiger partial charge in [-0.1, -0.05) is 0 Å². The number of nitro groups is 1. The number of aryl methyl sites for hydroxylation is 1. The Morgan fingerprint density at radius 1 is 1.42 bits per heavy atom. The second-order valence-corrected chi connectivity index (χ2v) is 3.85. The van der Waals surface area contributed by atoms with Crippen LogP contribution in [0.4, 0.5) is 15.9 Å². The Labute approximate surface area is 106 Å². The number of carbonyl (C=O) groups is 1. The van der Waals surface area contributed by atoms with Crippen molar-refractivity contribution < 1.29 is 14.1 Å². The van der Waals surface area contributed by atoms with E-state index in [1.54, 1.807) is 13.0 Å². The molecule has 1 aromatic heterocycles. The Morgan fingerprint density at radius 2 is 2.16 bits per heavy atom. The molecule has 0 aliphatic rings. The van der Waals surface area contributed by atoms with Gasteiger partial charge >= 0.3 is 0 Å². The molecule has 0 atom stereocenters. The maximum absolute atomic E-state index is 13.2. The number of aromatic nitrogens is 2. The lowest BCUT2D eigenvalue weighted by Gasteiger charge is -2.02. The molecule has 0 fully saturated rings. The van der Waals surface area contributed by atoms with Crippen LogP contribution in [0.15, 0.2) is 24.3 Å². The van der Waals surface area contributed by atoms with E-state index < -0.39 is 22.3 Å². The van der Waals surface area contributed by atoms with Crippen molar-refractivity contribution in [2.24, 2.45) is 0 Å². The summed E-state index contributed by atoms with van der Waals surface area (Å²) in [6.45, 7) is 1.75. The highest BCUT2D eigenvalue weighted by atomic mass is 19.1. The molecule has 0 saturated carbocycles. The molecule has 0 radical (unpaired) electrons. The van der Waals surface area contributed by atoms with E-state index in [-0.39, 0.29) is 11.4 Å². The summed E-state index contributed by atoms with van der Waals surface area (Å²) in [5, 5.41) is 19.4. The normalized spacial score (nSPS) is 10.2. The Kier molecular flexibility index (Phi) is 3.23. The molecule has 1 aromatic carbocycles. The fourth-order valence-corrected chi connectivity index (χ4v) is 1.48. The molecule has 0 bridgehead atoms. The molecule has 19 heavy (non-hydrogen) atoms. The van der Waals surface area contributed by atoms with Crippen LogP contribution in [0.2, 0.25) is 0 Å². The zero-order chi connectivity index (χ0) is 14.0. The molecule has 0 spiro atoms. The molecular formula is C11H9FN4O3. The zero-order valence-electron chi connectivity index (χ0n) is 9.81. The molecule has 2 rings (SSSR count). The Morgan fingerprint density at radius 3 is 2.74 bits per heavy atom. The number of nitro benzene ring substituents is 1. The molecular weight excluding hydrogens is 255 g/mol. The predicted molar refractivity (Wildman–Crippen MR) is 64.3 cm³/mol. The minimum Gasteiger partial charge on any atom is -0.305 e. The number of aromatic amines is 1. The number of amides is 1. The molecule has 2 N–H and O–H groups in total. The largest absolute Gasteiger partial charge is 0.305 e. The minimum absolute atomic E-state index is 0.146. The number of hydrogen-bond donors (Lipinski definition) is 2. The molecule has 8 heteroatoms. The molecule has 7 nitrogen and oxygen atoms in total. The van der Waals surface area contributed by atoms with Gasteiger partial charge in [0.2, 0.25) is 0 Å². The first-order valence-electron chi connectivity index (χ1n) is 5.24. The van der Waals surface area contributed by atoms with Gasteiger partial charge in [0.05, 0.1) is 11.0 Å². The maximum Gasteiger partial charge on any atom is 0.273 e.